The molecule has 0 spiro atoms. The van der Waals surface area contributed by atoms with Crippen LogP contribution in [0.25, 0.3) is 0 Å². The van der Waals surface area contributed by atoms with Crippen molar-refractivity contribution in [1.29, 1.82) is 0 Å². The Hall–Kier alpha value is -1.35. The molecule has 1 saturated heterocycles. The summed E-state index contributed by atoms with van der Waals surface area (Å²) in [5.41, 5.74) is 1.96. The van der Waals surface area contributed by atoms with E-state index in [9.17, 15) is 4.79 Å². The minimum Gasteiger partial charge on any atom is -0.336 e. The van der Waals surface area contributed by atoms with Crippen molar-refractivity contribution in [2.75, 3.05) is 32.7 Å². The Morgan fingerprint density at radius 2 is 1.89 bits per heavy atom. The molecule has 1 aromatic rings. The second kappa shape index (κ2) is 6.20. The highest BCUT2D eigenvalue weighted by atomic mass is 16.2. The first kappa shape index (κ1) is 14.1. The number of amides is 1. The average molecular weight is 260 g/mol. The fourth-order valence-corrected chi connectivity index (χ4v) is 2.61. The van der Waals surface area contributed by atoms with E-state index in [0.717, 1.165) is 43.9 Å². The van der Waals surface area contributed by atoms with E-state index in [-0.39, 0.29) is 5.91 Å². The largest absolute Gasteiger partial charge is 0.336 e. The van der Waals surface area contributed by atoms with Gasteiger partial charge >= 0.3 is 0 Å². The van der Waals surface area contributed by atoms with E-state index in [4.69, 9.17) is 0 Å². The number of aryl methyl sites for hydroxylation is 1. The second-order valence-electron chi connectivity index (χ2n) is 5.86. The number of rotatable bonds is 3. The summed E-state index contributed by atoms with van der Waals surface area (Å²) < 4.78 is 0. The van der Waals surface area contributed by atoms with Gasteiger partial charge in [0.1, 0.15) is 0 Å². The quantitative estimate of drug-likeness (QED) is 0.833. The molecule has 1 amide bonds. The highest BCUT2D eigenvalue weighted by Crippen LogP contribution is 2.11. The molecule has 1 aromatic carbocycles. The van der Waals surface area contributed by atoms with Gasteiger partial charge in [-0.3, -0.25) is 9.69 Å². The summed E-state index contributed by atoms with van der Waals surface area (Å²) in [5.74, 6) is 0.868. The third-order valence-electron chi connectivity index (χ3n) is 3.55. The van der Waals surface area contributed by atoms with Crippen LogP contribution < -0.4 is 0 Å². The van der Waals surface area contributed by atoms with Gasteiger partial charge in [-0.2, -0.15) is 0 Å². The van der Waals surface area contributed by atoms with Crippen molar-refractivity contribution in [1.82, 2.24) is 9.80 Å². The molecule has 0 saturated carbocycles. The van der Waals surface area contributed by atoms with E-state index in [1.807, 2.05) is 36.1 Å². The van der Waals surface area contributed by atoms with Crippen LogP contribution in [0.5, 0.6) is 0 Å². The van der Waals surface area contributed by atoms with E-state index >= 15 is 0 Å². The van der Waals surface area contributed by atoms with Gasteiger partial charge in [0.15, 0.2) is 0 Å². The number of carbonyl (C=O) groups is 1. The van der Waals surface area contributed by atoms with Gasteiger partial charge in [-0.25, -0.2) is 0 Å². The van der Waals surface area contributed by atoms with Crippen LogP contribution in [0.1, 0.15) is 29.8 Å². The molecule has 3 heteroatoms. The Balaban J connectivity index is 1.92. The van der Waals surface area contributed by atoms with Crippen molar-refractivity contribution < 1.29 is 4.79 Å². The molecular weight excluding hydrogens is 236 g/mol. The van der Waals surface area contributed by atoms with Crippen LogP contribution in [-0.4, -0.2) is 48.4 Å². The lowest BCUT2D eigenvalue weighted by molar-refractivity contribution is 0.0623. The average Bonchev–Trinajstić information content (AvgIpc) is 2.38. The molecule has 104 valence electrons. The molecule has 0 unspecified atom stereocenters. The zero-order valence-corrected chi connectivity index (χ0v) is 12.2. The zero-order chi connectivity index (χ0) is 13.8. The third-order valence-corrected chi connectivity index (χ3v) is 3.55. The smallest absolute Gasteiger partial charge is 0.253 e. The molecule has 1 aliphatic rings. The van der Waals surface area contributed by atoms with E-state index in [1.54, 1.807) is 0 Å². The number of carbonyl (C=O) groups excluding carboxylic acids is 1. The molecule has 0 atom stereocenters. The summed E-state index contributed by atoms with van der Waals surface area (Å²) >= 11 is 0. The van der Waals surface area contributed by atoms with Crippen molar-refractivity contribution in [3.8, 4) is 0 Å². The summed E-state index contributed by atoms with van der Waals surface area (Å²) in [5, 5.41) is 0. The van der Waals surface area contributed by atoms with Gasteiger partial charge in [-0.15, -0.1) is 0 Å². The standard InChI is InChI=1S/C16H24N2O/c1-13(2)12-17-7-9-18(10-8-17)16(19)15-6-4-5-14(3)11-15/h4-6,11,13H,7-10,12H2,1-3H3. The van der Waals surface area contributed by atoms with Crippen molar-refractivity contribution in [2.45, 2.75) is 20.8 Å². The predicted molar refractivity (Wildman–Crippen MR) is 78.4 cm³/mol. The van der Waals surface area contributed by atoms with Crippen LogP contribution in [0.4, 0.5) is 0 Å². The van der Waals surface area contributed by atoms with Crippen molar-refractivity contribution >= 4 is 5.91 Å². The molecule has 0 radical (unpaired) electrons. The molecule has 0 aromatic heterocycles. The molecule has 1 fully saturated rings. The summed E-state index contributed by atoms with van der Waals surface area (Å²) in [6.45, 7) is 11.3. The van der Waals surface area contributed by atoms with E-state index in [0.29, 0.717) is 5.92 Å². The van der Waals surface area contributed by atoms with Crippen LogP contribution in [0, 0.1) is 12.8 Å². The summed E-state index contributed by atoms with van der Waals surface area (Å²) in [6, 6.07) is 7.87. The van der Waals surface area contributed by atoms with Gasteiger partial charge < -0.3 is 4.90 Å². The third kappa shape index (κ3) is 3.80. The fraction of sp³-hybridized carbons (Fsp3) is 0.562. The zero-order valence-electron chi connectivity index (χ0n) is 12.2. The molecular formula is C16H24N2O. The van der Waals surface area contributed by atoms with Crippen LogP contribution in [0.15, 0.2) is 24.3 Å². The maximum atomic E-state index is 12.4. The number of hydrogen-bond acceptors (Lipinski definition) is 2. The van der Waals surface area contributed by atoms with Gasteiger partial charge in [0, 0.05) is 38.3 Å². The predicted octanol–water partition coefficient (Wildman–Crippen LogP) is 2.41. The first-order valence-electron chi connectivity index (χ1n) is 7.14. The van der Waals surface area contributed by atoms with Crippen LogP contribution in [-0.2, 0) is 0 Å². The summed E-state index contributed by atoms with van der Waals surface area (Å²) in [6.07, 6.45) is 0. The highest BCUT2D eigenvalue weighted by molar-refractivity contribution is 5.94. The summed E-state index contributed by atoms with van der Waals surface area (Å²) in [7, 11) is 0. The van der Waals surface area contributed by atoms with Gasteiger partial charge in [-0.05, 0) is 25.0 Å². The summed E-state index contributed by atoms with van der Waals surface area (Å²) in [4.78, 5) is 16.8. The van der Waals surface area contributed by atoms with E-state index < -0.39 is 0 Å². The molecule has 3 nitrogen and oxygen atoms in total. The molecule has 1 heterocycles. The Labute approximate surface area is 116 Å². The molecule has 0 N–H and O–H groups in total. The van der Waals surface area contributed by atoms with Crippen molar-refractivity contribution in [3.63, 3.8) is 0 Å². The Morgan fingerprint density at radius 1 is 1.21 bits per heavy atom. The van der Waals surface area contributed by atoms with E-state index in [2.05, 4.69) is 18.7 Å². The topological polar surface area (TPSA) is 23.6 Å². The Bertz CT molecular complexity index is 434. The SMILES string of the molecule is Cc1cccc(C(=O)N2CCN(CC(C)C)CC2)c1. The maximum absolute atomic E-state index is 12.4. The first-order valence-corrected chi connectivity index (χ1v) is 7.14. The normalized spacial score (nSPS) is 16.9. The van der Waals surface area contributed by atoms with Crippen molar-refractivity contribution in [3.05, 3.63) is 35.4 Å². The molecule has 0 bridgehead atoms. The minimum atomic E-state index is 0.174. The van der Waals surface area contributed by atoms with Gasteiger partial charge in [0.2, 0.25) is 0 Å². The lowest BCUT2D eigenvalue weighted by atomic mass is 10.1. The molecule has 0 aliphatic carbocycles. The number of benzene rings is 1. The Morgan fingerprint density at radius 3 is 2.47 bits per heavy atom. The maximum Gasteiger partial charge on any atom is 0.253 e. The fourth-order valence-electron chi connectivity index (χ4n) is 2.61. The highest BCUT2D eigenvalue weighted by Gasteiger charge is 2.22. The number of nitrogens with zero attached hydrogens (tertiary/aromatic N) is 2. The minimum absolute atomic E-state index is 0.174. The Kier molecular flexibility index (Phi) is 4.59. The lowest BCUT2D eigenvalue weighted by Crippen LogP contribution is -2.49. The monoisotopic (exact) mass is 260 g/mol. The lowest BCUT2D eigenvalue weighted by Gasteiger charge is -2.35. The van der Waals surface area contributed by atoms with Gasteiger partial charge in [0.05, 0.1) is 0 Å². The number of hydrogen-bond donors (Lipinski definition) is 0. The van der Waals surface area contributed by atoms with Gasteiger partial charge in [-0.1, -0.05) is 31.5 Å². The first-order chi connectivity index (χ1) is 9.06. The number of piperazine rings is 1. The second-order valence-corrected chi connectivity index (χ2v) is 5.86. The van der Waals surface area contributed by atoms with Crippen LogP contribution in [0.2, 0.25) is 0 Å². The molecule has 2 rings (SSSR count). The molecule has 1 aliphatic heterocycles. The van der Waals surface area contributed by atoms with Crippen LogP contribution >= 0.6 is 0 Å². The van der Waals surface area contributed by atoms with Gasteiger partial charge in [0.25, 0.3) is 5.91 Å². The van der Waals surface area contributed by atoms with Crippen molar-refractivity contribution in [2.24, 2.45) is 5.92 Å². The van der Waals surface area contributed by atoms with E-state index in [1.165, 1.54) is 0 Å². The van der Waals surface area contributed by atoms with Crippen LogP contribution in [0.3, 0.4) is 0 Å². The molecule has 19 heavy (non-hydrogen) atoms.